The van der Waals surface area contributed by atoms with Crippen LogP contribution in [0.1, 0.15) is 0 Å². The molecule has 248 valence electrons. The molecular formula is C48H31N5. The second kappa shape index (κ2) is 11.7. The predicted octanol–water partition coefficient (Wildman–Crippen LogP) is 11.9. The van der Waals surface area contributed by atoms with Gasteiger partial charge >= 0.3 is 0 Å². The van der Waals surface area contributed by atoms with Crippen LogP contribution in [0.3, 0.4) is 0 Å². The van der Waals surface area contributed by atoms with E-state index >= 15 is 0 Å². The van der Waals surface area contributed by atoms with Crippen LogP contribution in [-0.4, -0.2) is 23.9 Å². The lowest BCUT2D eigenvalue weighted by Crippen LogP contribution is -2.01. The smallest absolute Gasteiger partial charge is 0.168 e. The lowest BCUT2D eigenvalue weighted by molar-refractivity contribution is 1.07. The minimum Gasteiger partial charge on any atom is -0.309 e. The molecule has 5 heteroatoms. The zero-order valence-corrected chi connectivity index (χ0v) is 28.6. The van der Waals surface area contributed by atoms with Crippen LogP contribution in [0.15, 0.2) is 188 Å². The van der Waals surface area contributed by atoms with Crippen LogP contribution in [0.25, 0.3) is 94.2 Å². The molecule has 8 aromatic carbocycles. The summed E-state index contributed by atoms with van der Waals surface area (Å²) in [7, 11) is 0. The summed E-state index contributed by atoms with van der Waals surface area (Å²) in [6, 6.07) is 66.9. The molecule has 0 aliphatic carbocycles. The van der Waals surface area contributed by atoms with Crippen LogP contribution < -0.4 is 0 Å². The molecule has 0 atom stereocenters. The average molecular weight is 678 g/mol. The molecule has 0 unspecified atom stereocenters. The summed E-state index contributed by atoms with van der Waals surface area (Å²) < 4.78 is 6.98. The van der Waals surface area contributed by atoms with Crippen LogP contribution in [-0.2, 0) is 0 Å². The van der Waals surface area contributed by atoms with Crippen molar-refractivity contribution >= 4 is 54.4 Å². The van der Waals surface area contributed by atoms with E-state index in [1.54, 1.807) is 0 Å². The second-order valence-corrected chi connectivity index (χ2v) is 13.5. The van der Waals surface area contributed by atoms with E-state index in [0.29, 0.717) is 0 Å². The highest BCUT2D eigenvalue weighted by Gasteiger charge is 2.20. The summed E-state index contributed by atoms with van der Waals surface area (Å²) in [6.07, 6.45) is 0. The number of aromatic nitrogens is 5. The molecule has 0 aliphatic heterocycles. The molecule has 3 heterocycles. The van der Waals surface area contributed by atoms with Crippen molar-refractivity contribution in [2.75, 3.05) is 0 Å². The van der Waals surface area contributed by atoms with Gasteiger partial charge in [-0.1, -0.05) is 127 Å². The zero-order valence-electron chi connectivity index (χ0n) is 28.6. The van der Waals surface area contributed by atoms with Crippen molar-refractivity contribution in [3.8, 4) is 39.8 Å². The summed E-state index contributed by atoms with van der Waals surface area (Å²) in [5, 5.41) is 16.8. The Labute approximate surface area is 305 Å². The molecule has 53 heavy (non-hydrogen) atoms. The molecule has 0 bridgehead atoms. The van der Waals surface area contributed by atoms with Crippen LogP contribution in [0.4, 0.5) is 0 Å². The quantitative estimate of drug-likeness (QED) is 0.182. The van der Waals surface area contributed by atoms with Gasteiger partial charge in [0, 0.05) is 55.1 Å². The summed E-state index contributed by atoms with van der Waals surface area (Å²) in [5.74, 6) is 1.61. The van der Waals surface area contributed by atoms with E-state index in [2.05, 4.69) is 165 Å². The Bertz CT molecular complexity index is 3080. The first-order chi connectivity index (χ1) is 26.3. The first-order valence-corrected chi connectivity index (χ1v) is 17.9. The van der Waals surface area contributed by atoms with Gasteiger partial charge in [-0.15, -0.1) is 10.2 Å². The Morgan fingerprint density at radius 2 is 0.792 bits per heavy atom. The third kappa shape index (κ3) is 4.51. The van der Waals surface area contributed by atoms with Gasteiger partial charge in [-0.05, 0) is 66.0 Å². The number of hydrogen-bond donors (Lipinski definition) is 0. The van der Waals surface area contributed by atoms with Crippen LogP contribution in [0.2, 0.25) is 0 Å². The van der Waals surface area contributed by atoms with Gasteiger partial charge in [0.15, 0.2) is 11.6 Å². The molecule has 3 aromatic heterocycles. The Kier molecular flexibility index (Phi) is 6.48. The third-order valence-electron chi connectivity index (χ3n) is 10.5. The van der Waals surface area contributed by atoms with Gasteiger partial charge in [-0.25, -0.2) is 0 Å². The fourth-order valence-corrected chi connectivity index (χ4v) is 8.20. The predicted molar refractivity (Wildman–Crippen MR) is 218 cm³/mol. The number of fused-ring (bicyclic) bond motifs is 8. The van der Waals surface area contributed by atoms with E-state index in [9.17, 15) is 0 Å². The lowest BCUT2D eigenvalue weighted by Gasteiger charge is -2.14. The molecule has 5 nitrogen and oxygen atoms in total. The second-order valence-electron chi connectivity index (χ2n) is 13.5. The SMILES string of the molecule is c1ccc(-c2nnc(-c3ccccc3)n2-c2ccc(-n3c4ccccc4c4ccc5cc6c(cc5c43)c3ccccc3n6-c3ccccc3)cc2)cc1. The molecule has 0 saturated carbocycles. The Morgan fingerprint density at radius 1 is 0.302 bits per heavy atom. The molecular weight excluding hydrogens is 647 g/mol. The van der Waals surface area contributed by atoms with E-state index in [0.717, 1.165) is 39.8 Å². The van der Waals surface area contributed by atoms with Crippen molar-refractivity contribution in [1.82, 2.24) is 23.9 Å². The molecule has 0 N–H and O–H groups in total. The number of rotatable bonds is 5. The number of para-hydroxylation sites is 3. The van der Waals surface area contributed by atoms with Crippen LogP contribution in [0.5, 0.6) is 0 Å². The molecule has 0 spiro atoms. The van der Waals surface area contributed by atoms with E-state index in [1.807, 2.05) is 36.4 Å². The summed E-state index contributed by atoms with van der Waals surface area (Å²) in [6.45, 7) is 0. The van der Waals surface area contributed by atoms with E-state index < -0.39 is 0 Å². The highest BCUT2D eigenvalue weighted by molar-refractivity contribution is 6.22. The lowest BCUT2D eigenvalue weighted by atomic mass is 10.0. The van der Waals surface area contributed by atoms with Crippen molar-refractivity contribution in [2.45, 2.75) is 0 Å². The molecule has 0 fully saturated rings. The van der Waals surface area contributed by atoms with Crippen molar-refractivity contribution in [3.63, 3.8) is 0 Å². The minimum absolute atomic E-state index is 0.804. The van der Waals surface area contributed by atoms with Crippen molar-refractivity contribution in [2.24, 2.45) is 0 Å². The Morgan fingerprint density at radius 3 is 1.42 bits per heavy atom. The fourth-order valence-electron chi connectivity index (χ4n) is 8.20. The topological polar surface area (TPSA) is 40.6 Å². The molecule has 11 rings (SSSR count). The monoisotopic (exact) mass is 677 g/mol. The van der Waals surface area contributed by atoms with Crippen molar-refractivity contribution < 1.29 is 0 Å². The third-order valence-corrected chi connectivity index (χ3v) is 10.5. The summed E-state index contributed by atoms with van der Waals surface area (Å²) >= 11 is 0. The van der Waals surface area contributed by atoms with Gasteiger partial charge in [-0.2, -0.15) is 0 Å². The molecule has 11 aromatic rings. The van der Waals surface area contributed by atoms with Gasteiger partial charge in [0.05, 0.1) is 22.1 Å². The minimum atomic E-state index is 0.804. The Hall–Kier alpha value is -7.24. The van der Waals surface area contributed by atoms with Gasteiger partial charge in [0.25, 0.3) is 0 Å². The summed E-state index contributed by atoms with van der Waals surface area (Å²) in [5.41, 5.74) is 10.1. The molecule has 0 amide bonds. The van der Waals surface area contributed by atoms with Gasteiger partial charge in [0.2, 0.25) is 0 Å². The molecule has 0 aliphatic rings. The zero-order chi connectivity index (χ0) is 34.9. The summed E-state index contributed by atoms with van der Waals surface area (Å²) in [4.78, 5) is 0. The van der Waals surface area contributed by atoms with Crippen LogP contribution in [0, 0.1) is 0 Å². The number of nitrogens with zero attached hydrogens (tertiary/aromatic N) is 5. The van der Waals surface area contributed by atoms with Gasteiger partial charge in [0.1, 0.15) is 0 Å². The van der Waals surface area contributed by atoms with E-state index in [-0.39, 0.29) is 0 Å². The van der Waals surface area contributed by atoms with Crippen LogP contribution >= 0.6 is 0 Å². The largest absolute Gasteiger partial charge is 0.309 e. The molecule has 0 radical (unpaired) electrons. The number of benzene rings is 8. The average Bonchev–Trinajstić information content (AvgIpc) is 3.92. The molecule has 0 saturated heterocycles. The van der Waals surface area contributed by atoms with Crippen molar-refractivity contribution in [3.05, 3.63) is 188 Å². The highest BCUT2D eigenvalue weighted by atomic mass is 15.3. The van der Waals surface area contributed by atoms with E-state index in [4.69, 9.17) is 10.2 Å². The fraction of sp³-hybridized carbons (Fsp3) is 0. The normalized spacial score (nSPS) is 11.8. The van der Waals surface area contributed by atoms with Crippen molar-refractivity contribution in [1.29, 1.82) is 0 Å². The maximum absolute atomic E-state index is 4.70. The maximum Gasteiger partial charge on any atom is 0.168 e. The van der Waals surface area contributed by atoms with E-state index in [1.165, 1.54) is 54.4 Å². The Balaban J connectivity index is 1.15. The maximum atomic E-state index is 4.70. The number of hydrogen-bond acceptors (Lipinski definition) is 2. The highest BCUT2D eigenvalue weighted by Crippen LogP contribution is 2.41. The first kappa shape index (κ1) is 29.5. The first-order valence-electron chi connectivity index (χ1n) is 17.9. The van der Waals surface area contributed by atoms with Gasteiger partial charge < -0.3 is 9.13 Å². The standard InChI is InChI=1S/C48H31N5/c1-4-14-32(15-5-1)47-49-50-48(33-16-6-2-7-17-33)53(47)37-27-25-36(26-28-37)52-44-23-13-10-20-38(44)40-29-24-34-30-45-42(31-41(34)46(40)52)39-21-11-12-22-43(39)51(45)35-18-8-3-9-19-35/h1-31H. The van der Waals surface area contributed by atoms with Gasteiger partial charge in [-0.3, -0.25) is 4.57 Å².